The molecule has 0 saturated carbocycles. The van der Waals surface area contributed by atoms with Crippen molar-refractivity contribution in [1.29, 1.82) is 0 Å². The maximum Gasteiger partial charge on any atom is 0.330 e. The molecule has 7 nitrogen and oxygen atoms in total. The largest absolute Gasteiger partial charge is 0.493 e. The van der Waals surface area contributed by atoms with Crippen LogP contribution in [-0.4, -0.2) is 50.1 Å². The normalized spacial score (nSPS) is 12.9. The van der Waals surface area contributed by atoms with Gasteiger partial charge < -0.3 is 14.2 Å². The van der Waals surface area contributed by atoms with Crippen LogP contribution in [0, 0.1) is 0 Å². The molecular weight excluding hydrogens is 386 g/mol. The van der Waals surface area contributed by atoms with Gasteiger partial charge in [0.25, 0.3) is 11.8 Å². The average Bonchev–Trinajstić information content (AvgIpc) is 3.02. The summed E-state index contributed by atoms with van der Waals surface area (Å²) in [4.78, 5) is 37.7. The van der Waals surface area contributed by atoms with Crippen LogP contribution >= 0.6 is 0 Å². The molecule has 0 unspecified atom stereocenters. The Balaban J connectivity index is 1.41. The summed E-state index contributed by atoms with van der Waals surface area (Å²) in [6, 6.07) is 12.1. The molecule has 0 bridgehead atoms. The second kappa shape index (κ2) is 9.73. The molecule has 2 aromatic rings. The van der Waals surface area contributed by atoms with Crippen molar-refractivity contribution in [2.45, 2.75) is 12.8 Å². The van der Waals surface area contributed by atoms with E-state index in [-0.39, 0.29) is 18.4 Å². The number of amides is 2. The summed E-state index contributed by atoms with van der Waals surface area (Å²) >= 11 is 0. The number of imide groups is 1. The standard InChI is InChI=1S/C23H23NO6/c1-28-19-11-9-16(15-20(19)29-2)10-12-21(25)30-14-6-5-13-24-22(26)17-7-3-4-8-18(17)23(24)27/h3-4,7-12,15H,5-6,13-14H2,1-2H3/b12-10+. The fourth-order valence-corrected chi connectivity index (χ4v) is 3.16. The first-order valence-corrected chi connectivity index (χ1v) is 9.57. The van der Waals surface area contributed by atoms with Crippen LogP contribution in [0.3, 0.4) is 0 Å². The number of rotatable bonds is 9. The van der Waals surface area contributed by atoms with Gasteiger partial charge in [0.2, 0.25) is 0 Å². The number of hydrogen-bond acceptors (Lipinski definition) is 6. The SMILES string of the molecule is COc1ccc(/C=C/C(=O)OCCCCN2C(=O)c3ccccc3C2=O)cc1OC. The molecule has 1 heterocycles. The summed E-state index contributed by atoms with van der Waals surface area (Å²) in [5.41, 5.74) is 1.65. The van der Waals surface area contributed by atoms with E-state index in [4.69, 9.17) is 14.2 Å². The fourth-order valence-electron chi connectivity index (χ4n) is 3.16. The van der Waals surface area contributed by atoms with Crippen LogP contribution in [0.1, 0.15) is 39.1 Å². The Morgan fingerprint density at radius 2 is 1.60 bits per heavy atom. The van der Waals surface area contributed by atoms with Gasteiger partial charge in [-0.25, -0.2) is 4.79 Å². The predicted molar refractivity (Wildman–Crippen MR) is 111 cm³/mol. The van der Waals surface area contributed by atoms with Gasteiger partial charge in [-0.1, -0.05) is 18.2 Å². The van der Waals surface area contributed by atoms with Crippen molar-refractivity contribution < 1.29 is 28.6 Å². The van der Waals surface area contributed by atoms with E-state index in [1.54, 1.807) is 62.8 Å². The number of esters is 1. The minimum Gasteiger partial charge on any atom is -0.493 e. The zero-order valence-electron chi connectivity index (χ0n) is 16.9. The summed E-state index contributed by atoms with van der Waals surface area (Å²) in [6.45, 7) is 0.504. The Kier molecular flexibility index (Phi) is 6.85. The van der Waals surface area contributed by atoms with E-state index in [0.29, 0.717) is 42.0 Å². The number of unbranched alkanes of at least 4 members (excludes halogenated alkanes) is 1. The Hall–Kier alpha value is -3.61. The second-order valence-electron chi connectivity index (χ2n) is 6.63. The third kappa shape index (κ3) is 4.68. The van der Waals surface area contributed by atoms with Gasteiger partial charge in [0.1, 0.15) is 0 Å². The quantitative estimate of drug-likeness (QED) is 0.273. The molecule has 0 spiro atoms. The summed E-state index contributed by atoms with van der Waals surface area (Å²) in [5, 5.41) is 0. The van der Waals surface area contributed by atoms with Crippen LogP contribution < -0.4 is 9.47 Å². The Morgan fingerprint density at radius 1 is 0.933 bits per heavy atom. The molecule has 0 aliphatic carbocycles. The first-order chi connectivity index (χ1) is 14.5. The highest BCUT2D eigenvalue weighted by atomic mass is 16.5. The number of nitrogens with zero attached hydrogens (tertiary/aromatic N) is 1. The molecule has 0 N–H and O–H groups in total. The molecule has 30 heavy (non-hydrogen) atoms. The number of ether oxygens (including phenoxy) is 3. The summed E-state index contributed by atoms with van der Waals surface area (Å²) < 4.78 is 15.6. The van der Waals surface area contributed by atoms with Crippen LogP contribution in [0.4, 0.5) is 0 Å². The Labute approximate surface area is 174 Å². The van der Waals surface area contributed by atoms with Crippen molar-refractivity contribution in [1.82, 2.24) is 4.90 Å². The highest BCUT2D eigenvalue weighted by Gasteiger charge is 2.34. The number of hydrogen-bond donors (Lipinski definition) is 0. The van der Waals surface area contributed by atoms with Crippen LogP contribution in [0.2, 0.25) is 0 Å². The van der Waals surface area contributed by atoms with E-state index in [9.17, 15) is 14.4 Å². The molecule has 2 amide bonds. The number of carbonyl (C=O) groups is 3. The first-order valence-electron chi connectivity index (χ1n) is 9.57. The molecule has 1 aliphatic heterocycles. The van der Waals surface area contributed by atoms with Gasteiger partial charge in [-0.2, -0.15) is 0 Å². The van der Waals surface area contributed by atoms with E-state index in [1.165, 1.54) is 11.0 Å². The summed E-state index contributed by atoms with van der Waals surface area (Å²) in [6.07, 6.45) is 4.07. The van der Waals surface area contributed by atoms with Crippen molar-refractivity contribution in [3.8, 4) is 11.5 Å². The van der Waals surface area contributed by atoms with Crippen molar-refractivity contribution in [2.24, 2.45) is 0 Å². The van der Waals surface area contributed by atoms with E-state index in [1.807, 2.05) is 0 Å². The Morgan fingerprint density at radius 3 is 2.23 bits per heavy atom. The lowest BCUT2D eigenvalue weighted by atomic mass is 10.1. The molecule has 1 aliphatic rings. The predicted octanol–water partition coefficient (Wildman–Crippen LogP) is 3.34. The highest BCUT2D eigenvalue weighted by molar-refractivity contribution is 6.21. The monoisotopic (exact) mass is 409 g/mol. The molecular formula is C23H23NO6. The molecule has 2 aromatic carbocycles. The zero-order chi connectivity index (χ0) is 21.5. The number of methoxy groups -OCH3 is 2. The summed E-state index contributed by atoms with van der Waals surface area (Å²) in [5.74, 6) is 0.165. The zero-order valence-corrected chi connectivity index (χ0v) is 16.9. The van der Waals surface area contributed by atoms with Crippen LogP contribution in [-0.2, 0) is 9.53 Å². The van der Waals surface area contributed by atoms with Crippen molar-refractivity contribution in [2.75, 3.05) is 27.4 Å². The lowest BCUT2D eigenvalue weighted by molar-refractivity contribution is -0.137. The third-order valence-electron chi connectivity index (χ3n) is 4.72. The molecule has 3 rings (SSSR count). The van der Waals surface area contributed by atoms with Gasteiger partial charge in [-0.15, -0.1) is 0 Å². The van der Waals surface area contributed by atoms with E-state index in [0.717, 1.165) is 5.56 Å². The lowest BCUT2D eigenvalue weighted by Gasteiger charge is -2.13. The maximum absolute atomic E-state index is 12.3. The van der Waals surface area contributed by atoms with Gasteiger partial charge in [-0.05, 0) is 48.7 Å². The van der Waals surface area contributed by atoms with Crippen LogP contribution in [0.25, 0.3) is 6.08 Å². The van der Waals surface area contributed by atoms with Gasteiger partial charge in [-0.3, -0.25) is 14.5 Å². The molecule has 0 atom stereocenters. The minimum absolute atomic E-state index is 0.207. The fraction of sp³-hybridized carbons (Fsp3) is 0.261. The molecule has 7 heteroatoms. The smallest absolute Gasteiger partial charge is 0.330 e. The van der Waals surface area contributed by atoms with E-state index < -0.39 is 5.97 Å². The number of benzene rings is 2. The van der Waals surface area contributed by atoms with Crippen LogP contribution in [0.15, 0.2) is 48.5 Å². The van der Waals surface area contributed by atoms with Gasteiger partial charge in [0.05, 0.1) is 32.0 Å². The average molecular weight is 409 g/mol. The first kappa shape index (κ1) is 21.1. The van der Waals surface area contributed by atoms with Gasteiger partial charge in [0, 0.05) is 12.6 Å². The third-order valence-corrected chi connectivity index (χ3v) is 4.72. The van der Waals surface area contributed by atoms with E-state index in [2.05, 4.69) is 0 Å². The molecule has 0 fully saturated rings. The minimum atomic E-state index is -0.467. The second-order valence-corrected chi connectivity index (χ2v) is 6.63. The van der Waals surface area contributed by atoms with Gasteiger partial charge in [0.15, 0.2) is 11.5 Å². The molecule has 0 radical (unpaired) electrons. The van der Waals surface area contributed by atoms with Crippen molar-refractivity contribution >= 4 is 23.9 Å². The molecule has 156 valence electrons. The number of fused-ring (bicyclic) bond motifs is 1. The Bertz CT molecular complexity index is 946. The summed E-state index contributed by atoms with van der Waals surface area (Å²) in [7, 11) is 3.10. The number of carbonyl (C=O) groups excluding carboxylic acids is 3. The van der Waals surface area contributed by atoms with Gasteiger partial charge >= 0.3 is 5.97 Å². The van der Waals surface area contributed by atoms with E-state index >= 15 is 0 Å². The van der Waals surface area contributed by atoms with Crippen molar-refractivity contribution in [3.63, 3.8) is 0 Å². The lowest BCUT2D eigenvalue weighted by Crippen LogP contribution is -2.30. The maximum atomic E-state index is 12.3. The molecule has 0 saturated heterocycles. The van der Waals surface area contributed by atoms with Crippen LogP contribution in [0.5, 0.6) is 11.5 Å². The van der Waals surface area contributed by atoms with Crippen molar-refractivity contribution in [3.05, 3.63) is 65.2 Å². The topological polar surface area (TPSA) is 82.1 Å². The molecule has 0 aromatic heterocycles. The highest BCUT2D eigenvalue weighted by Crippen LogP contribution is 2.28.